The van der Waals surface area contributed by atoms with Gasteiger partial charge in [0.2, 0.25) is 0 Å². The molecule has 0 radical (unpaired) electrons. The summed E-state index contributed by atoms with van der Waals surface area (Å²) in [5.41, 5.74) is -0.763. The van der Waals surface area contributed by atoms with E-state index in [1.807, 2.05) is 13.8 Å². The molecule has 3 unspecified atom stereocenters. The van der Waals surface area contributed by atoms with Gasteiger partial charge in [-0.15, -0.1) is 0 Å². The van der Waals surface area contributed by atoms with Crippen molar-refractivity contribution in [1.29, 1.82) is 0 Å². The fourth-order valence-corrected chi connectivity index (χ4v) is 3.73. The van der Waals surface area contributed by atoms with Gasteiger partial charge in [0.1, 0.15) is 5.54 Å². The molecule has 2 N–H and O–H groups in total. The SMILES string of the molecule is CC(C)NC1(C(=O)O)CCCC1CCOCC1CCCO1. The van der Waals surface area contributed by atoms with Gasteiger partial charge in [0.05, 0.1) is 12.7 Å². The molecule has 5 nitrogen and oxygen atoms in total. The van der Waals surface area contributed by atoms with Crippen LogP contribution in [0.15, 0.2) is 0 Å². The molecule has 21 heavy (non-hydrogen) atoms. The third-order valence-corrected chi connectivity index (χ3v) is 4.69. The molecule has 0 aromatic carbocycles. The number of carboxylic acid groups (broad SMARTS) is 1. The summed E-state index contributed by atoms with van der Waals surface area (Å²) >= 11 is 0. The summed E-state index contributed by atoms with van der Waals surface area (Å²) in [5, 5.41) is 13.0. The van der Waals surface area contributed by atoms with Crippen LogP contribution in [-0.2, 0) is 14.3 Å². The van der Waals surface area contributed by atoms with Crippen molar-refractivity contribution in [2.75, 3.05) is 19.8 Å². The van der Waals surface area contributed by atoms with E-state index in [0.717, 1.165) is 45.1 Å². The summed E-state index contributed by atoms with van der Waals surface area (Å²) in [7, 11) is 0. The number of ether oxygens (including phenoxy) is 2. The van der Waals surface area contributed by atoms with Crippen LogP contribution >= 0.6 is 0 Å². The smallest absolute Gasteiger partial charge is 0.324 e. The maximum absolute atomic E-state index is 11.8. The van der Waals surface area contributed by atoms with Crippen molar-refractivity contribution in [2.45, 2.75) is 70.1 Å². The van der Waals surface area contributed by atoms with E-state index in [1.54, 1.807) is 0 Å². The Labute approximate surface area is 127 Å². The lowest BCUT2D eigenvalue weighted by atomic mass is 9.84. The van der Waals surface area contributed by atoms with E-state index in [-0.39, 0.29) is 18.1 Å². The first-order valence-corrected chi connectivity index (χ1v) is 8.25. The monoisotopic (exact) mass is 299 g/mol. The minimum atomic E-state index is -0.763. The highest BCUT2D eigenvalue weighted by molar-refractivity contribution is 5.79. The van der Waals surface area contributed by atoms with Crippen LogP contribution in [0, 0.1) is 5.92 Å². The number of carbonyl (C=O) groups is 1. The molecule has 2 rings (SSSR count). The van der Waals surface area contributed by atoms with Gasteiger partial charge in [0.25, 0.3) is 0 Å². The molecule has 2 aliphatic rings. The predicted octanol–water partition coefficient (Wildman–Crippen LogP) is 2.19. The minimum absolute atomic E-state index is 0.155. The van der Waals surface area contributed by atoms with Gasteiger partial charge in [-0.25, -0.2) is 0 Å². The van der Waals surface area contributed by atoms with Crippen LogP contribution < -0.4 is 5.32 Å². The maximum atomic E-state index is 11.8. The van der Waals surface area contributed by atoms with Gasteiger partial charge in [0, 0.05) is 19.3 Å². The normalized spacial score (nSPS) is 32.9. The molecule has 0 aromatic heterocycles. The zero-order valence-electron chi connectivity index (χ0n) is 13.3. The number of nitrogens with one attached hydrogen (secondary N) is 1. The van der Waals surface area contributed by atoms with Gasteiger partial charge < -0.3 is 14.6 Å². The molecule has 0 bridgehead atoms. The van der Waals surface area contributed by atoms with Crippen molar-refractivity contribution in [2.24, 2.45) is 5.92 Å². The highest BCUT2D eigenvalue weighted by Crippen LogP contribution is 2.38. The first-order valence-electron chi connectivity index (χ1n) is 8.25. The lowest BCUT2D eigenvalue weighted by Crippen LogP contribution is -2.57. The Hall–Kier alpha value is -0.650. The van der Waals surface area contributed by atoms with Crippen LogP contribution in [0.4, 0.5) is 0 Å². The molecule has 1 heterocycles. The van der Waals surface area contributed by atoms with Gasteiger partial charge in [-0.1, -0.05) is 6.42 Å². The number of rotatable bonds is 8. The van der Waals surface area contributed by atoms with Crippen LogP contribution in [0.2, 0.25) is 0 Å². The molecule has 0 spiro atoms. The second-order valence-corrected chi connectivity index (χ2v) is 6.66. The number of hydrogen-bond acceptors (Lipinski definition) is 4. The van der Waals surface area contributed by atoms with Crippen LogP contribution in [0.25, 0.3) is 0 Å². The molecule has 0 aromatic rings. The van der Waals surface area contributed by atoms with Crippen molar-refractivity contribution in [1.82, 2.24) is 5.32 Å². The highest BCUT2D eigenvalue weighted by atomic mass is 16.5. The summed E-state index contributed by atoms with van der Waals surface area (Å²) < 4.78 is 11.2. The third-order valence-electron chi connectivity index (χ3n) is 4.69. The predicted molar refractivity (Wildman–Crippen MR) is 80.4 cm³/mol. The molecular formula is C16H29NO4. The van der Waals surface area contributed by atoms with Crippen LogP contribution in [0.1, 0.15) is 52.4 Å². The van der Waals surface area contributed by atoms with Gasteiger partial charge in [-0.2, -0.15) is 0 Å². The van der Waals surface area contributed by atoms with E-state index in [4.69, 9.17) is 9.47 Å². The summed E-state index contributed by atoms with van der Waals surface area (Å²) in [6.45, 7) is 6.13. The van der Waals surface area contributed by atoms with E-state index in [2.05, 4.69) is 5.32 Å². The van der Waals surface area contributed by atoms with Crippen LogP contribution in [-0.4, -0.2) is 48.6 Å². The Kier molecular flexibility index (Phi) is 6.02. The molecule has 1 saturated carbocycles. The van der Waals surface area contributed by atoms with E-state index in [1.165, 1.54) is 0 Å². The fourth-order valence-electron chi connectivity index (χ4n) is 3.73. The molecule has 3 atom stereocenters. The van der Waals surface area contributed by atoms with Crippen molar-refractivity contribution >= 4 is 5.97 Å². The van der Waals surface area contributed by atoms with E-state index >= 15 is 0 Å². The molecule has 1 aliphatic heterocycles. The molecule has 1 aliphatic carbocycles. The van der Waals surface area contributed by atoms with Crippen molar-refractivity contribution in [3.8, 4) is 0 Å². The van der Waals surface area contributed by atoms with Crippen molar-refractivity contribution < 1.29 is 19.4 Å². The molecule has 0 amide bonds. The minimum Gasteiger partial charge on any atom is -0.480 e. The van der Waals surface area contributed by atoms with Crippen molar-refractivity contribution in [3.05, 3.63) is 0 Å². The zero-order valence-corrected chi connectivity index (χ0v) is 13.3. The highest BCUT2D eigenvalue weighted by Gasteiger charge is 2.48. The van der Waals surface area contributed by atoms with Gasteiger partial charge in [-0.05, 0) is 51.9 Å². The maximum Gasteiger partial charge on any atom is 0.324 e. The average Bonchev–Trinajstić information content (AvgIpc) is 3.04. The van der Waals surface area contributed by atoms with Gasteiger partial charge in [0.15, 0.2) is 0 Å². The summed E-state index contributed by atoms with van der Waals surface area (Å²) in [6, 6.07) is 0.175. The summed E-state index contributed by atoms with van der Waals surface area (Å²) in [5.74, 6) is -0.556. The zero-order chi connectivity index (χ0) is 15.3. The van der Waals surface area contributed by atoms with E-state index in [0.29, 0.717) is 13.2 Å². The topological polar surface area (TPSA) is 67.8 Å². The largest absolute Gasteiger partial charge is 0.480 e. The lowest BCUT2D eigenvalue weighted by molar-refractivity contribution is -0.147. The Balaban J connectivity index is 1.80. The van der Waals surface area contributed by atoms with Crippen molar-refractivity contribution in [3.63, 3.8) is 0 Å². The second kappa shape index (κ2) is 7.56. The molecule has 5 heteroatoms. The number of aliphatic carboxylic acids is 1. The Morgan fingerprint density at radius 2 is 2.24 bits per heavy atom. The van der Waals surface area contributed by atoms with Gasteiger partial charge >= 0.3 is 5.97 Å². The lowest BCUT2D eigenvalue weighted by Gasteiger charge is -2.34. The van der Waals surface area contributed by atoms with Gasteiger partial charge in [-0.3, -0.25) is 10.1 Å². The molecule has 122 valence electrons. The average molecular weight is 299 g/mol. The van der Waals surface area contributed by atoms with E-state index < -0.39 is 11.5 Å². The Bertz CT molecular complexity index is 341. The first kappa shape index (κ1) is 16.7. The standard InChI is InChI=1S/C16H29NO4/c1-12(2)17-16(15(18)19)8-3-5-13(16)7-10-20-11-14-6-4-9-21-14/h12-14,17H,3-11H2,1-2H3,(H,18,19). The number of hydrogen-bond donors (Lipinski definition) is 2. The quantitative estimate of drug-likeness (QED) is 0.673. The van der Waals surface area contributed by atoms with Crippen LogP contribution in [0.5, 0.6) is 0 Å². The van der Waals surface area contributed by atoms with Crippen LogP contribution in [0.3, 0.4) is 0 Å². The summed E-state index contributed by atoms with van der Waals surface area (Å²) in [6.07, 6.45) is 5.91. The second-order valence-electron chi connectivity index (χ2n) is 6.66. The molecule has 2 fully saturated rings. The third kappa shape index (κ3) is 4.18. The number of carboxylic acids is 1. The fraction of sp³-hybridized carbons (Fsp3) is 0.938. The molecular weight excluding hydrogens is 270 g/mol. The Morgan fingerprint density at radius 1 is 1.43 bits per heavy atom. The van der Waals surface area contributed by atoms with E-state index in [9.17, 15) is 9.90 Å². The molecule has 1 saturated heterocycles. The first-order chi connectivity index (χ1) is 10.0. The summed E-state index contributed by atoms with van der Waals surface area (Å²) in [4.78, 5) is 11.8. The Morgan fingerprint density at radius 3 is 2.86 bits per heavy atom.